The van der Waals surface area contributed by atoms with E-state index in [-0.39, 0.29) is 6.04 Å². The predicted octanol–water partition coefficient (Wildman–Crippen LogP) is 2.80. The Balaban J connectivity index is 1.87. The Morgan fingerprint density at radius 1 is 1.25 bits per heavy atom. The maximum Gasteiger partial charge on any atom is 0.216 e. The zero-order chi connectivity index (χ0) is 13.9. The lowest BCUT2D eigenvalue weighted by molar-refractivity contribution is 0.395. The second kappa shape index (κ2) is 5.59. The highest BCUT2D eigenvalue weighted by atomic mass is 16.5. The predicted molar refractivity (Wildman–Crippen MR) is 77.6 cm³/mol. The van der Waals surface area contributed by atoms with Crippen molar-refractivity contribution in [3.05, 3.63) is 53.5 Å². The van der Waals surface area contributed by atoms with Gasteiger partial charge in [-0.05, 0) is 29.9 Å². The third-order valence-electron chi connectivity index (χ3n) is 4.04. The van der Waals surface area contributed by atoms with Gasteiger partial charge in [0.15, 0.2) is 0 Å². The molecule has 4 heteroatoms. The lowest BCUT2D eigenvalue weighted by atomic mass is 9.79. The molecule has 1 unspecified atom stereocenters. The van der Waals surface area contributed by atoms with E-state index in [1.807, 2.05) is 0 Å². The molecule has 2 aromatic rings. The lowest BCUT2D eigenvalue weighted by Crippen LogP contribution is -2.15. The molecule has 0 saturated heterocycles. The first-order valence-corrected chi connectivity index (χ1v) is 6.99. The van der Waals surface area contributed by atoms with Gasteiger partial charge >= 0.3 is 0 Å². The summed E-state index contributed by atoms with van der Waals surface area (Å²) in [6, 6.07) is 10.1. The molecule has 1 aromatic heterocycles. The topological polar surface area (TPSA) is 61.0 Å². The Morgan fingerprint density at radius 3 is 2.80 bits per heavy atom. The Labute approximate surface area is 119 Å². The highest BCUT2D eigenvalue weighted by Gasteiger charge is 2.20. The molecular weight excluding hydrogens is 250 g/mol. The summed E-state index contributed by atoms with van der Waals surface area (Å²) in [4.78, 5) is 8.27. The van der Waals surface area contributed by atoms with Gasteiger partial charge in [0.2, 0.25) is 5.88 Å². The number of aromatic nitrogens is 2. The normalized spacial score (nSPS) is 16.5. The summed E-state index contributed by atoms with van der Waals surface area (Å²) in [7, 11) is 1.59. The minimum absolute atomic E-state index is 0.244. The van der Waals surface area contributed by atoms with Crippen LogP contribution < -0.4 is 10.5 Å². The monoisotopic (exact) mass is 269 g/mol. The van der Waals surface area contributed by atoms with Gasteiger partial charge in [-0.15, -0.1) is 0 Å². The quantitative estimate of drug-likeness (QED) is 0.927. The number of nitrogens with two attached hydrogens (primary N) is 1. The minimum atomic E-state index is -0.244. The van der Waals surface area contributed by atoms with Crippen LogP contribution in [0.4, 0.5) is 0 Å². The first kappa shape index (κ1) is 13.1. The molecule has 0 aliphatic heterocycles. The first-order chi connectivity index (χ1) is 9.78. The molecule has 1 fully saturated rings. The van der Waals surface area contributed by atoms with E-state index >= 15 is 0 Å². The molecule has 1 aliphatic carbocycles. The van der Waals surface area contributed by atoms with E-state index < -0.39 is 0 Å². The number of hydrogen-bond donors (Lipinski definition) is 1. The Kier molecular flexibility index (Phi) is 3.65. The highest BCUT2D eigenvalue weighted by molar-refractivity contribution is 5.34. The van der Waals surface area contributed by atoms with Crippen LogP contribution in [-0.4, -0.2) is 17.1 Å². The van der Waals surface area contributed by atoms with Crippen LogP contribution in [0.25, 0.3) is 0 Å². The van der Waals surface area contributed by atoms with E-state index in [2.05, 4.69) is 34.2 Å². The molecule has 0 radical (unpaired) electrons. The molecule has 1 aliphatic rings. The van der Waals surface area contributed by atoms with Crippen LogP contribution in [0.15, 0.2) is 36.7 Å². The molecule has 2 N–H and O–H groups in total. The fourth-order valence-electron chi connectivity index (χ4n) is 2.55. The summed E-state index contributed by atoms with van der Waals surface area (Å²) >= 11 is 0. The van der Waals surface area contributed by atoms with Crippen molar-refractivity contribution in [2.24, 2.45) is 5.73 Å². The van der Waals surface area contributed by atoms with Crippen LogP contribution >= 0.6 is 0 Å². The largest absolute Gasteiger partial charge is 0.481 e. The average molecular weight is 269 g/mol. The molecule has 104 valence electrons. The van der Waals surface area contributed by atoms with E-state index in [4.69, 9.17) is 10.5 Å². The van der Waals surface area contributed by atoms with Crippen molar-refractivity contribution in [3.8, 4) is 5.88 Å². The molecule has 0 spiro atoms. The molecule has 3 rings (SSSR count). The molecule has 1 aromatic carbocycles. The van der Waals surface area contributed by atoms with Crippen LogP contribution in [0.2, 0.25) is 0 Å². The van der Waals surface area contributed by atoms with Crippen molar-refractivity contribution in [2.75, 3.05) is 7.11 Å². The number of ether oxygens (including phenoxy) is 1. The average Bonchev–Trinajstić information content (AvgIpc) is 2.45. The summed E-state index contributed by atoms with van der Waals surface area (Å²) in [5.41, 5.74) is 9.59. The minimum Gasteiger partial charge on any atom is -0.481 e. The van der Waals surface area contributed by atoms with Crippen molar-refractivity contribution >= 4 is 0 Å². The second-order valence-corrected chi connectivity index (χ2v) is 5.26. The maximum atomic E-state index is 6.32. The highest BCUT2D eigenvalue weighted by Crippen LogP contribution is 2.37. The zero-order valence-corrected chi connectivity index (χ0v) is 11.6. The number of hydrogen-bond acceptors (Lipinski definition) is 4. The fraction of sp³-hybridized carbons (Fsp3) is 0.375. The van der Waals surface area contributed by atoms with E-state index in [0.717, 1.165) is 11.3 Å². The van der Waals surface area contributed by atoms with Crippen LogP contribution in [0, 0.1) is 0 Å². The summed E-state index contributed by atoms with van der Waals surface area (Å²) in [5, 5.41) is 0. The molecule has 0 bridgehead atoms. The zero-order valence-electron chi connectivity index (χ0n) is 11.6. The Morgan fingerprint density at radius 2 is 2.10 bits per heavy atom. The number of nitrogens with zero attached hydrogens (tertiary/aromatic N) is 2. The van der Waals surface area contributed by atoms with Crippen molar-refractivity contribution in [1.29, 1.82) is 0 Å². The van der Waals surface area contributed by atoms with Gasteiger partial charge in [0, 0.05) is 6.07 Å². The van der Waals surface area contributed by atoms with E-state index in [9.17, 15) is 0 Å². The fourth-order valence-corrected chi connectivity index (χ4v) is 2.55. The molecule has 20 heavy (non-hydrogen) atoms. The smallest absolute Gasteiger partial charge is 0.216 e. The molecule has 0 amide bonds. The van der Waals surface area contributed by atoms with Crippen LogP contribution in [0.1, 0.15) is 48.0 Å². The number of benzene rings is 1. The van der Waals surface area contributed by atoms with Crippen molar-refractivity contribution < 1.29 is 4.74 Å². The van der Waals surface area contributed by atoms with E-state index in [0.29, 0.717) is 11.8 Å². The summed E-state index contributed by atoms with van der Waals surface area (Å²) in [5.74, 6) is 1.25. The molecular formula is C16H19N3O. The summed E-state index contributed by atoms with van der Waals surface area (Å²) in [6.45, 7) is 0. The van der Waals surface area contributed by atoms with Gasteiger partial charge < -0.3 is 10.5 Å². The molecule has 4 nitrogen and oxygen atoms in total. The molecule has 1 heterocycles. The van der Waals surface area contributed by atoms with Gasteiger partial charge in [0.1, 0.15) is 6.33 Å². The standard InChI is InChI=1S/C16H19N3O/c1-20-15-9-14(18-10-19-15)16(17)13-7-3-6-12(8-13)11-4-2-5-11/h3,6-11,16H,2,4-5,17H2,1H3. The van der Waals surface area contributed by atoms with E-state index in [1.165, 1.54) is 31.2 Å². The van der Waals surface area contributed by atoms with Crippen molar-refractivity contribution in [2.45, 2.75) is 31.2 Å². The van der Waals surface area contributed by atoms with E-state index in [1.54, 1.807) is 13.2 Å². The van der Waals surface area contributed by atoms with Gasteiger partial charge in [-0.3, -0.25) is 0 Å². The summed E-state index contributed by atoms with van der Waals surface area (Å²) < 4.78 is 5.12. The number of methoxy groups -OCH3 is 1. The van der Waals surface area contributed by atoms with Gasteiger partial charge in [-0.25, -0.2) is 9.97 Å². The van der Waals surface area contributed by atoms with Crippen LogP contribution in [0.3, 0.4) is 0 Å². The first-order valence-electron chi connectivity index (χ1n) is 6.99. The molecule has 1 saturated carbocycles. The van der Waals surface area contributed by atoms with Crippen LogP contribution in [0.5, 0.6) is 5.88 Å². The number of rotatable bonds is 4. The third-order valence-corrected chi connectivity index (χ3v) is 4.04. The summed E-state index contributed by atoms with van der Waals surface area (Å²) in [6.07, 6.45) is 5.41. The second-order valence-electron chi connectivity index (χ2n) is 5.26. The Hall–Kier alpha value is -1.94. The third kappa shape index (κ3) is 2.51. The van der Waals surface area contributed by atoms with Crippen molar-refractivity contribution in [1.82, 2.24) is 9.97 Å². The van der Waals surface area contributed by atoms with Crippen molar-refractivity contribution in [3.63, 3.8) is 0 Å². The van der Waals surface area contributed by atoms with Crippen LogP contribution in [-0.2, 0) is 0 Å². The SMILES string of the molecule is COc1cc(C(N)c2cccc(C3CCC3)c2)ncn1. The van der Waals surface area contributed by atoms with Gasteiger partial charge in [-0.2, -0.15) is 0 Å². The maximum absolute atomic E-state index is 6.32. The Bertz CT molecular complexity index is 596. The van der Waals surface area contributed by atoms with Gasteiger partial charge in [-0.1, -0.05) is 30.7 Å². The lowest BCUT2D eigenvalue weighted by Gasteiger charge is -2.26. The molecule has 1 atom stereocenters. The van der Waals surface area contributed by atoms with Gasteiger partial charge in [0.05, 0.1) is 18.8 Å². The van der Waals surface area contributed by atoms with Gasteiger partial charge in [0.25, 0.3) is 0 Å².